The summed E-state index contributed by atoms with van der Waals surface area (Å²) in [5.74, 6) is 0. The Morgan fingerprint density at radius 3 is 2.23 bits per heavy atom. The minimum atomic E-state index is -4.76. The SMILES string of the molecule is OC(CCCc1ccccc1)(c1cccc(Cl)c1)C(F)(F)F. The van der Waals surface area contributed by atoms with Gasteiger partial charge in [-0.2, -0.15) is 13.2 Å². The van der Waals surface area contributed by atoms with Crippen LogP contribution >= 0.6 is 11.6 Å². The Morgan fingerprint density at radius 1 is 0.955 bits per heavy atom. The van der Waals surface area contributed by atoms with Crippen LogP contribution in [0.4, 0.5) is 13.2 Å². The number of halogens is 4. The molecule has 0 spiro atoms. The number of alkyl halides is 3. The van der Waals surface area contributed by atoms with Crippen molar-refractivity contribution in [3.05, 3.63) is 70.7 Å². The van der Waals surface area contributed by atoms with Crippen molar-refractivity contribution in [3.8, 4) is 0 Å². The molecule has 5 heteroatoms. The Morgan fingerprint density at radius 2 is 1.64 bits per heavy atom. The van der Waals surface area contributed by atoms with Gasteiger partial charge >= 0.3 is 6.18 Å². The summed E-state index contributed by atoms with van der Waals surface area (Å²) in [6.07, 6.45) is -4.48. The number of hydrogen-bond donors (Lipinski definition) is 1. The van der Waals surface area contributed by atoms with Gasteiger partial charge in [0, 0.05) is 5.02 Å². The number of benzene rings is 2. The molecule has 0 aliphatic rings. The standard InChI is InChI=1S/C17H16ClF3O/c18-15-10-4-9-14(12-15)16(22,17(19,20)21)11-5-8-13-6-2-1-3-7-13/h1-4,6-7,9-10,12,22H,5,8,11H2. The molecule has 0 saturated carbocycles. The van der Waals surface area contributed by atoms with Gasteiger partial charge in [-0.3, -0.25) is 0 Å². The fraction of sp³-hybridized carbons (Fsp3) is 0.294. The van der Waals surface area contributed by atoms with Crippen LogP contribution in [0.3, 0.4) is 0 Å². The Hall–Kier alpha value is -1.52. The number of rotatable bonds is 5. The first-order chi connectivity index (χ1) is 10.3. The van der Waals surface area contributed by atoms with Crippen molar-refractivity contribution in [1.82, 2.24) is 0 Å². The molecular formula is C17H16ClF3O. The van der Waals surface area contributed by atoms with Crippen LogP contribution in [0.5, 0.6) is 0 Å². The zero-order valence-electron chi connectivity index (χ0n) is 11.8. The summed E-state index contributed by atoms with van der Waals surface area (Å²) in [6, 6.07) is 14.5. The second kappa shape index (κ2) is 6.71. The van der Waals surface area contributed by atoms with Gasteiger partial charge in [0.1, 0.15) is 0 Å². The summed E-state index contributed by atoms with van der Waals surface area (Å²) in [4.78, 5) is 0. The first kappa shape index (κ1) is 16.8. The normalized spacial score (nSPS) is 14.6. The maximum Gasteiger partial charge on any atom is 0.421 e. The highest BCUT2D eigenvalue weighted by Crippen LogP contribution is 2.43. The molecule has 0 aliphatic carbocycles. The van der Waals surface area contributed by atoms with Crippen LogP contribution in [-0.2, 0) is 12.0 Å². The van der Waals surface area contributed by atoms with Crippen molar-refractivity contribution in [2.75, 3.05) is 0 Å². The van der Waals surface area contributed by atoms with E-state index in [4.69, 9.17) is 11.6 Å². The highest BCUT2D eigenvalue weighted by molar-refractivity contribution is 6.30. The van der Waals surface area contributed by atoms with Crippen molar-refractivity contribution in [2.24, 2.45) is 0 Å². The van der Waals surface area contributed by atoms with Gasteiger partial charge < -0.3 is 5.11 Å². The second-order valence-electron chi connectivity index (χ2n) is 5.21. The molecule has 1 nitrogen and oxygen atoms in total. The fourth-order valence-electron chi connectivity index (χ4n) is 2.39. The zero-order chi connectivity index (χ0) is 16.2. The van der Waals surface area contributed by atoms with E-state index < -0.39 is 18.2 Å². The number of aryl methyl sites for hydroxylation is 1. The third-order valence-electron chi connectivity index (χ3n) is 3.62. The van der Waals surface area contributed by atoms with Gasteiger partial charge in [0.25, 0.3) is 0 Å². The molecule has 0 aliphatic heterocycles. The molecule has 0 amide bonds. The summed E-state index contributed by atoms with van der Waals surface area (Å²) in [6.45, 7) is 0. The predicted octanol–water partition coefficient (Wildman–Crippen LogP) is 5.11. The van der Waals surface area contributed by atoms with Crippen LogP contribution in [0, 0.1) is 0 Å². The molecule has 22 heavy (non-hydrogen) atoms. The number of aliphatic hydroxyl groups is 1. The Bertz CT molecular complexity index is 613. The molecular weight excluding hydrogens is 313 g/mol. The van der Waals surface area contributed by atoms with Crippen LogP contribution in [0.15, 0.2) is 54.6 Å². The Kier molecular flexibility index (Phi) is 5.14. The first-order valence-corrected chi connectivity index (χ1v) is 7.30. The molecule has 2 rings (SSSR count). The van der Waals surface area contributed by atoms with E-state index in [2.05, 4.69) is 0 Å². The van der Waals surface area contributed by atoms with Gasteiger partial charge in [-0.15, -0.1) is 0 Å². The van der Waals surface area contributed by atoms with Crippen molar-refractivity contribution < 1.29 is 18.3 Å². The van der Waals surface area contributed by atoms with E-state index >= 15 is 0 Å². The van der Waals surface area contributed by atoms with Gasteiger partial charge in [0.2, 0.25) is 0 Å². The topological polar surface area (TPSA) is 20.2 Å². The molecule has 1 atom stereocenters. The van der Waals surface area contributed by atoms with Gasteiger partial charge in [-0.25, -0.2) is 0 Å². The largest absolute Gasteiger partial charge is 0.421 e. The van der Waals surface area contributed by atoms with Crippen molar-refractivity contribution >= 4 is 11.6 Å². The maximum absolute atomic E-state index is 13.4. The van der Waals surface area contributed by atoms with Crippen molar-refractivity contribution in [1.29, 1.82) is 0 Å². The molecule has 118 valence electrons. The number of hydrogen-bond acceptors (Lipinski definition) is 1. The van der Waals surface area contributed by atoms with E-state index in [-0.39, 0.29) is 17.0 Å². The lowest BCUT2D eigenvalue weighted by Gasteiger charge is -2.31. The molecule has 0 heterocycles. The van der Waals surface area contributed by atoms with Crippen LogP contribution in [0.25, 0.3) is 0 Å². The monoisotopic (exact) mass is 328 g/mol. The van der Waals surface area contributed by atoms with E-state index in [9.17, 15) is 18.3 Å². The van der Waals surface area contributed by atoms with Gasteiger partial charge in [-0.1, -0.05) is 54.1 Å². The molecule has 1 unspecified atom stereocenters. The van der Waals surface area contributed by atoms with Gasteiger partial charge in [0.15, 0.2) is 5.60 Å². The van der Waals surface area contributed by atoms with Gasteiger partial charge in [0.05, 0.1) is 0 Å². The summed E-state index contributed by atoms with van der Waals surface area (Å²) >= 11 is 5.75. The lowest BCUT2D eigenvalue weighted by Crippen LogP contribution is -2.42. The lowest BCUT2D eigenvalue weighted by atomic mass is 9.87. The highest BCUT2D eigenvalue weighted by atomic mass is 35.5. The maximum atomic E-state index is 13.4. The highest BCUT2D eigenvalue weighted by Gasteiger charge is 2.54. The third kappa shape index (κ3) is 3.81. The van der Waals surface area contributed by atoms with Gasteiger partial charge in [-0.05, 0) is 42.5 Å². The zero-order valence-corrected chi connectivity index (χ0v) is 12.5. The quantitative estimate of drug-likeness (QED) is 0.808. The summed E-state index contributed by atoms with van der Waals surface area (Å²) in [5, 5.41) is 10.4. The Labute approximate surface area is 132 Å². The van der Waals surface area contributed by atoms with Crippen LogP contribution in [-0.4, -0.2) is 11.3 Å². The van der Waals surface area contributed by atoms with E-state index in [0.717, 1.165) is 11.6 Å². The van der Waals surface area contributed by atoms with Crippen LogP contribution in [0.2, 0.25) is 5.02 Å². The van der Waals surface area contributed by atoms with Crippen LogP contribution in [0.1, 0.15) is 24.0 Å². The lowest BCUT2D eigenvalue weighted by molar-refractivity contribution is -0.269. The van der Waals surface area contributed by atoms with E-state index in [0.29, 0.717) is 6.42 Å². The van der Waals surface area contributed by atoms with Crippen molar-refractivity contribution in [2.45, 2.75) is 31.0 Å². The second-order valence-corrected chi connectivity index (χ2v) is 5.64. The molecule has 0 bridgehead atoms. The minimum Gasteiger partial charge on any atom is -0.376 e. The molecule has 0 fully saturated rings. The average molecular weight is 329 g/mol. The van der Waals surface area contributed by atoms with E-state index in [1.807, 2.05) is 30.3 Å². The summed E-state index contributed by atoms with van der Waals surface area (Å²) < 4.78 is 40.1. The summed E-state index contributed by atoms with van der Waals surface area (Å²) in [5.41, 5.74) is -2.16. The summed E-state index contributed by atoms with van der Waals surface area (Å²) in [7, 11) is 0. The Balaban J connectivity index is 2.16. The smallest absolute Gasteiger partial charge is 0.376 e. The molecule has 0 aromatic heterocycles. The minimum absolute atomic E-state index is 0.170. The molecule has 1 N–H and O–H groups in total. The third-order valence-corrected chi connectivity index (χ3v) is 3.85. The van der Waals surface area contributed by atoms with Crippen LogP contribution < -0.4 is 0 Å². The molecule has 0 saturated heterocycles. The first-order valence-electron chi connectivity index (χ1n) is 6.92. The van der Waals surface area contributed by atoms with E-state index in [1.54, 1.807) is 0 Å². The predicted molar refractivity (Wildman–Crippen MR) is 80.8 cm³/mol. The average Bonchev–Trinajstić information content (AvgIpc) is 2.47. The molecule has 2 aromatic rings. The molecule has 0 radical (unpaired) electrons. The fourth-order valence-corrected chi connectivity index (χ4v) is 2.58. The molecule has 2 aromatic carbocycles. The van der Waals surface area contributed by atoms with E-state index in [1.165, 1.54) is 18.2 Å². The van der Waals surface area contributed by atoms with Crippen molar-refractivity contribution in [3.63, 3.8) is 0 Å².